The molecule has 3 nitrogen and oxygen atoms in total. The van der Waals surface area contributed by atoms with E-state index < -0.39 is 0 Å². The molecule has 0 fully saturated rings. The fourth-order valence-corrected chi connectivity index (χ4v) is 2.09. The zero-order valence-corrected chi connectivity index (χ0v) is 10.6. The van der Waals surface area contributed by atoms with Gasteiger partial charge in [0.2, 0.25) is 0 Å². The van der Waals surface area contributed by atoms with Crippen molar-refractivity contribution in [2.24, 2.45) is 5.92 Å². The molecule has 1 atom stereocenters. The topological polar surface area (TPSA) is 37.8 Å². The Balaban J connectivity index is 2.34. The molecule has 17 heavy (non-hydrogen) atoms. The van der Waals surface area contributed by atoms with Crippen LogP contribution in [-0.4, -0.2) is 17.0 Å². The molecule has 3 heteroatoms. The first-order chi connectivity index (χ1) is 8.20. The summed E-state index contributed by atoms with van der Waals surface area (Å²) in [6.45, 7) is 4.48. The second kappa shape index (κ2) is 5.23. The number of hydrogen-bond donors (Lipinski definition) is 1. The smallest absolute Gasteiger partial charge is 0.0890 e. The molecule has 0 bridgehead atoms. The Kier molecular flexibility index (Phi) is 3.69. The van der Waals surface area contributed by atoms with Gasteiger partial charge in [-0.1, -0.05) is 19.9 Å². The second-order valence-electron chi connectivity index (χ2n) is 4.78. The molecule has 1 N–H and O–H groups in total. The molecular weight excluding hydrogens is 210 g/mol. The van der Waals surface area contributed by atoms with E-state index >= 15 is 0 Å². The van der Waals surface area contributed by atoms with E-state index in [2.05, 4.69) is 41.3 Å². The first-order valence-corrected chi connectivity index (χ1v) is 6.08. The average molecular weight is 229 g/mol. The standard InChI is InChI=1S/C14H19N3/c1-10(2)8-13(15-3)11-4-5-12-14(9-11)17-7-6-16-12/h4-7,9-10,13,15H,8H2,1-3H3. The molecule has 1 heterocycles. The highest BCUT2D eigenvalue weighted by Crippen LogP contribution is 2.23. The zero-order chi connectivity index (χ0) is 12.3. The van der Waals surface area contributed by atoms with Gasteiger partial charge in [0.25, 0.3) is 0 Å². The number of benzene rings is 1. The summed E-state index contributed by atoms with van der Waals surface area (Å²) >= 11 is 0. The van der Waals surface area contributed by atoms with Crippen LogP contribution in [0.3, 0.4) is 0 Å². The molecule has 2 aromatic rings. The Bertz CT molecular complexity index is 494. The Hall–Kier alpha value is -1.48. The van der Waals surface area contributed by atoms with Gasteiger partial charge in [0.1, 0.15) is 0 Å². The fourth-order valence-electron chi connectivity index (χ4n) is 2.09. The first kappa shape index (κ1) is 12.0. The first-order valence-electron chi connectivity index (χ1n) is 6.08. The van der Waals surface area contributed by atoms with Crippen molar-refractivity contribution < 1.29 is 0 Å². The highest BCUT2D eigenvalue weighted by atomic mass is 14.9. The highest BCUT2D eigenvalue weighted by Gasteiger charge is 2.11. The second-order valence-corrected chi connectivity index (χ2v) is 4.78. The van der Waals surface area contributed by atoms with Crippen molar-refractivity contribution in [3.8, 4) is 0 Å². The summed E-state index contributed by atoms with van der Waals surface area (Å²) in [5, 5.41) is 3.37. The maximum atomic E-state index is 4.35. The quantitative estimate of drug-likeness (QED) is 0.876. The molecule has 90 valence electrons. The van der Waals surface area contributed by atoms with Crippen molar-refractivity contribution in [3.63, 3.8) is 0 Å². The van der Waals surface area contributed by atoms with E-state index in [1.807, 2.05) is 13.1 Å². The SMILES string of the molecule is CNC(CC(C)C)c1ccc2nccnc2c1. The molecule has 2 rings (SSSR count). The van der Waals surface area contributed by atoms with E-state index in [0.29, 0.717) is 12.0 Å². The van der Waals surface area contributed by atoms with Crippen molar-refractivity contribution in [3.05, 3.63) is 36.2 Å². The number of aromatic nitrogens is 2. The predicted octanol–water partition coefficient (Wildman–Crippen LogP) is 2.94. The summed E-state index contributed by atoms with van der Waals surface area (Å²) in [6, 6.07) is 6.70. The lowest BCUT2D eigenvalue weighted by Gasteiger charge is -2.19. The summed E-state index contributed by atoms with van der Waals surface area (Å²) in [6.07, 6.45) is 4.59. The van der Waals surface area contributed by atoms with Crippen LogP contribution in [0, 0.1) is 5.92 Å². The van der Waals surface area contributed by atoms with Gasteiger partial charge in [-0.05, 0) is 37.1 Å². The van der Waals surface area contributed by atoms with Gasteiger partial charge in [-0.3, -0.25) is 9.97 Å². The molecule has 0 aliphatic rings. The number of nitrogens with one attached hydrogen (secondary N) is 1. The molecule has 1 aromatic heterocycles. The van der Waals surface area contributed by atoms with Gasteiger partial charge in [0.15, 0.2) is 0 Å². The predicted molar refractivity (Wildman–Crippen MR) is 70.8 cm³/mol. The van der Waals surface area contributed by atoms with Crippen LogP contribution >= 0.6 is 0 Å². The Labute approximate surface area is 102 Å². The van der Waals surface area contributed by atoms with E-state index in [4.69, 9.17) is 0 Å². The van der Waals surface area contributed by atoms with Crippen molar-refractivity contribution in [2.75, 3.05) is 7.05 Å². The van der Waals surface area contributed by atoms with Gasteiger partial charge >= 0.3 is 0 Å². The summed E-state index contributed by atoms with van der Waals surface area (Å²) < 4.78 is 0. The number of hydrogen-bond acceptors (Lipinski definition) is 3. The summed E-state index contributed by atoms with van der Waals surface area (Å²) in [5.74, 6) is 0.671. The molecule has 0 spiro atoms. The van der Waals surface area contributed by atoms with Gasteiger partial charge in [0.05, 0.1) is 11.0 Å². The van der Waals surface area contributed by atoms with Crippen LogP contribution in [0.2, 0.25) is 0 Å². The van der Waals surface area contributed by atoms with E-state index in [1.54, 1.807) is 12.4 Å². The third kappa shape index (κ3) is 2.80. The minimum absolute atomic E-state index is 0.390. The molecule has 0 aliphatic heterocycles. The van der Waals surface area contributed by atoms with Crippen LogP contribution in [-0.2, 0) is 0 Å². The monoisotopic (exact) mass is 229 g/mol. The van der Waals surface area contributed by atoms with Crippen LogP contribution in [0.4, 0.5) is 0 Å². The van der Waals surface area contributed by atoms with E-state index in [-0.39, 0.29) is 0 Å². The zero-order valence-electron chi connectivity index (χ0n) is 10.6. The van der Waals surface area contributed by atoms with Crippen molar-refractivity contribution in [1.82, 2.24) is 15.3 Å². The van der Waals surface area contributed by atoms with Crippen molar-refractivity contribution in [1.29, 1.82) is 0 Å². The molecule has 0 saturated heterocycles. The average Bonchev–Trinajstić information content (AvgIpc) is 2.35. The fraction of sp³-hybridized carbons (Fsp3) is 0.429. The lowest BCUT2D eigenvalue weighted by molar-refractivity contribution is 0.457. The van der Waals surface area contributed by atoms with Crippen LogP contribution in [0.5, 0.6) is 0 Å². The van der Waals surface area contributed by atoms with E-state index in [9.17, 15) is 0 Å². The van der Waals surface area contributed by atoms with Gasteiger partial charge in [-0.2, -0.15) is 0 Å². The maximum Gasteiger partial charge on any atom is 0.0890 e. The van der Waals surface area contributed by atoms with Crippen molar-refractivity contribution >= 4 is 11.0 Å². The lowest BCUT2D eigenvalue weighted by atomic mass is 9.97. The van der Waals surface area contributed by atoms with Gasteiger partial charge in [-0.25, -0.2) is 0 Å². The normalized spacial score (nSPS) is 13.2. The minimum atomic E-state index is 0.390. The lowest BCUT2D eigenvalue weighted by Crippen LogP contribution is -2.18. The number of fused-ring (bicyclic) bond motifs is 1. The van der Waals surface area contributed by atoms with Crippen LogP contribution in [0.1, 0.15) is 31.9 Å². The van der Waals surface area contributed by atoms with Crippen molar-refractivity contribution in [2.45, 2.75) is 26.3 Å². The molecule has 0 radical (unpaired) electrons. The third-order valence-corrected chi connectivity index (χ3v) is 2.95. The third-order valence-electron chi connectivity index (χ3n) is 2.95. The van der Waals surface area contributed by atoms with Gasteiger partial charge in [-0.15, -0.1) is 0 Å². The summed E-state index contributed by atoms with van der Waals surface area (Å²) in [4.78, 5) is 8.63. The number of nitrogens with zero attached hydrogens (tertiary/aromatic N) is 2. The molecule has 1 unspecified atom stereocenters. The molecule has 0 aliphatic carbocycles. The van der Waals surface area contributed by atoms with Crippen LogP contribution < -0.4 is 5.32 Å². The summed E-state index contributed by atoms with van der Waals surface area (Å²) in [5.41, 5.74) is 3.21. The highest BCUT2D eigenvalue weighted by molar-refractivity contribution is 5.74. The molecule has 0 amide bonds. The Morgan fingerprint density at radius 1 is 1.12 bits per heavy atom. The Morgan fingerprint density at radius 2 is 1.82 bits per heavy atom. The number of rotatable bonds is 4. The van der Waals surface area contributed by atoms with E-state index in [0.717, 1.165) is 17.5 Å². The largest absolute Gasteiger partial charge is 0.313 e. The molecular formula is C14H19N3. The van der Waals surface area contributed by atoms with Crippen LogP contribution in [0.25, 0.3) is 11.0 Å². The van der Waals surface area contributed by atoms with Gasteiger partial charge in [0, 0.05) is 18.4 Å². The van der Waals surface area contributed by atoms with Crippen LogP contribution in [0.15, 0.2) is 30.6 Å². The van der Waals surface area contributed by atoms with E-state index in [1.165, 1.54) is 5.56 Å². The Morgan fingerprint density at radius 3 is 2.47 bits per heavy atom. The summed E-state index contributed by atoms with van der Waals surface area (Å²) in [7, 11) is 2.01. The molecule has 1 aromatic carbocycles. The minimum Gasteiger partial charge on any atom is -0.313 e. The van der Waals surface area contributed by atoms with Gasteiger partial charge < -0.3 is 5.32 Å². The molecule has 0 saturated carbocycles. The maximum absolute atomic E-state index is 4.35.